The van der Waals surface area contributed by atoms with E-state index in [-0.39, 0.29) is 17.2 Å². The summed E-state index contributed by atoms with van der Waals surface area (Å²) in [5.74, 6) is -0.908. The van der Waals surface area contributed by atoms with Gasteiger partial charge >= 0.3 is 0 Å². The van der Waals surface area contributed by atoms with E-state index in [0.717, 1.165) is 12.8 Å². The van der Waals surface area contributed by atoms with E-state index >= 15 is 0 Å². The molecule has 0 bridgehead atoms. The zero-order valence-corrected chi connectivity index (χ0v) is 16.0. The minimum atomic E-state index is -0.641. The molecule has 25 heavy (non-hydrogen) atoms. The van der Waals surface area contributed by atoms with Crippen LogP contribution in [-0.4, -0.2) is 15.7 Å². The molecule has 4 N–H and O–H groups in total. The first-order valence-corrected chi connectivity index (χ1v) is 9.36. The fraction of sp³-hybridized carbons (Fsp3) is 0.444. The molecular formula is C18H24BrFN4O. The van der Waals surface area contributed by atoms with E-state index in [9.17, 15) is 9.18 Å². The van der Waals surface area contributed by atoms with E-state index in [0.29, 0.717) is 22.3 Å². The number of primary amides is 1. The largest absolute Gasteiger partial charge is 0.382 e. The molecule has 0 saturated carbocycles. The predicted molar refractivity (Wildman–Crippen MR) is 102 cm³/mol. The summed E-state index contributed by atoms with van der Waals surface area (Å²) in [7, 11) is 0. The average Bonchev–Trinajstić information content (AvgIpc) is 2.87. The quantitative estimate of drug-likeness (QED) is 0.596. The summed E-state index contributed by atoms with van der Waals surface area (Å²) in [6.45, 7) is 2.81. The summed E-state index contributed by atoms with van der Waals surface area (Å²) in [5.41, 5.74) is 12.8. The molecule has 7 heteroatoms. The maximum absolute atomic E-state index is 13.4. The van der Waals surface area contributed by atoms with Gasteiger partial charge in [0.05, 0.1) is 5.69 Å². The van der Waals surface area contributed by atoms with Gasteiger partial charge in [-0.1, -0.05) is 39.0 Å². The van der Waals surface area contributed by atoms with Crippen LogP contribution in [0.25, 0.3) is 11.3 Å². The lowest BCUT2D eigenvalue weighted by molar-refractivity contribution is 0.100. The molecule has 1 heterocycles. The molecule has 0 fully saturated rings. The molecule has 1 aromatic heterocycles. The van der Waals surface area contributed by atoms with Gasteiger partial charge in [0.25, 0.3) is 5.91 Å². The van der Waals surface area contributed by atoms with Crippen molar-refractivity contribution in [2.75, 3.05) is 5.73 Å². The van der Waals surface area contributed by atoms with Crippen molar-refractivity contribution in [1.29, 1.82) is 0 Å². The van der Waals surface area contributed by atoms with Crippen LogP contribution in [0.2, 0.25) is 0 Å². The van der Waals surface area contributed by atoms with Crippen molar-refractivity contribution < 1.29 is 9.18 Å². The summed E-state index contributed by atoms with van der Waals surface area (Å²) >= 11 is 3.35. The smallest absolute Gasteiger partial charge is 0.254 e. The highest BCUT2D eigenvalue weighted by Gasteiger charge is 2.23. The number of nitrogens with two attached hydrogens (primary N) is 2. The third kappa shape index (κ3) is 4.81. The normalized spacial score (nSPS) is 11.0. The Morgan fingerprint density at radius 2 is 1.92 bits per heavy atom. The number of unbranched alkanes of at least 4 members (excludes halogenated alkanes) is 5. The van der Waals surface area contributed by atoms with Crippen LogP contribution in [0.1, 0.15) is 55.8 Å². The molecule has 136 valence electrons. The number of nitrogens with zero attached hydrogens (tertiary/aromatic N) is 2. The first-order valence-electron chi connectivity index (χ1n) is 8.57. The topological polar surface area (TPSA) is 86.9 Å². The third-order valence-corrected chi connectivity index (χ3v) is 4.79. The summed E-state index contributed by atoms with van der Waals surface area (Å²) < 4.78 is 15.6. The molecule has 0 atom stereocenters. The molecule has 1 amide bonds. The van der Waals surface area contributed by atoms with Gasteiger partial charge in [0.1, 0.15) is 11.4 Å². The number of aromatic nitrogens is 2. The van der Waals surface area contributed by atoms with Crippen LogP contribution in [0.5, 0.6) is 0 Å². The molecule has 5 nitrogen and oxygen atoms in total. The lowest BCUT2D eigenvalue weighted by atomic mass is 10.1. The lowest BCUT2D eigenvalue weighted by Crippen LogP contribution is -2.14. The van der Waals surface area contributed by atoms with Crippen molar-refractivity contribution >= 4 is 27.7 Å². The van der Waals surface area contributed by atoms with Gasteiger partial charge in [-0.3, -0.25) is 9.48 Å². The molecule has 2 aromatic rings. The Kier molecular flexibility index (Phi) is 6.99. The number of halogens is 2. The number of anilines is 1. The minimum Gasteiger partial charge on any atom is -0.382 e. The molecule has 0 radical (unpaired) electrons. The Labute approximate surface area is 155 Å². The maximum atomic E-state index is 13.4. The fourth-order valence-corrected chi connectivity index (χ4v) is 3.42. The van der Waals surface area contributed by atoms with E-state index < -0.39 is 5.91 Å². The predicted octanol–water partition coefficient (Wildman–Crippen LogP) is 4.49. The average molecular weight is 411 g/mol. The number of hydrogen-bond acceptors (Lipinski definition) is 3. The van der Waals surface area contributed by atoms with Crippen molar-refractivity contribution in [2.45, 2.75) is 52.0 Å². The maximum Gasteiger partial charge on any atom is 0.254 e. The Balaban J connectivity index is 2.28. The van der Waals surface area contributed by atoms with Gasteiger partial charge in [-0.2, -0.15) is 5.10 Å². The second-order valence-electron chi connectivity index (χ2n) is 6.09. The molecule has 0 aliphatic heterocycles. The Morgan fingerprint density at radius 3 is 2.56 bits per heavy atom. The Hall–Kier alpha value is -1.89. The highest BCUT2D eigenvalue weighted by Crippen LogP contribution is 2.34. The van der Waals surface area contributed by atoms with Crippen LogP contribution in [0.4, 0.5) is 10.2 Å². The lowest BCUT2D eigenvalue weighted by Gasteiger charge is -2.11. The summed E-state index contributed by atoms with van der Waals surface area (Å²) in [6.07, 6.45) is 6.85. The van der Waals surface area contributed by atoms with Gasteiger partial charge in [-0.25, -0.2) is 4.39 Å². The van der Waals surface area contributed by atoms with Crippen LogP contribution in [0.3, 0.4) is 0 Å². The van der Waals surface area contributed by atoms with E-state index in [1.807, 2.05) is 0 Å². The molecule has 2 rings (SSSR count). The fourth-order valence-electron chi connectivity index (χ4n) is 2.88. The van der Waals surface area contributed by atoms with Gasteiger partial charge in [-0.15, -0.1) is 0 Å². The van der Waals surface area contributed by atoms with Crippen molar-refractivity contribution in [2.24, 2.45) is 5.73 Å². The zero-order chi connectivity index (χ0) is 18.4. The molecule has 0 aliphatic carbocycles. The zero-order valence-electron chi connectivity index (χ0n) is 14.4. The van der Waals surface area contributed by atoms with E-state index in [2.05, 4.69) is 28.0 Å². The number of aryl methyl sites for hydroxylation is 1. The number of rotatable bonds is 9. The molecular weight excluding hydrogens is 387 g/mol. The molecule has 0 saturated heterocycles. The molecule has 0 unspecified atom stereocenters. The molecule has 1 aromatic carbocycles. The van der Waals surface area contributed by atoms with Crippen molar-refractivity contribution in [3.63, 3.8) is 0 Å². The minimum absolute atomic E-state index is 0.102. The number of hydrogen-bond donors (Lipinski definition) is 2. The van der Waals surface area contributed by atoms with E-state index in [1.165, 1.54) is 37.8 Å². The van der Waals surface area contributed by atoms with Gasteiger partial charge in [0, 0.05) is 16.6 Å². The summed E-state index contributed by atoms with van der Waals surface area (Å²) in [6, 6.07) is 4.28. The SMILES string of the molecule is CCCCCCCCn1nc(N)c(C(N)=O)c1-c1ccc(F)cc1Br. The number of amides is 1. The van der Waals surface area contributed by atoms with Gasteiger partial charge in [0.2, 0.25) is 0 Å². The second-order valence-corrected chi connectivity index (χ2v) is 6.94. The standard InChI is InChI=1S/C18H24BrFN4O/c1-2-3-4-5-6-7-10-24-16(15(18(22)25)17(21)23-24)13-9-8-12(20)11-14(13)19/h8-9,11H,2-7,10H2,1H3,(H2,21,23)(H2,22,25). The monoisotopic (exact) mass is 410 g/mol. The highest BCUT2D eigenvalue weighted by atomic mass is 79.9. The third-order valence-electron chi connectivity index (χ3n) is 4.14. The van der Waals surface area contributed by atoms with Gasteiger partial charge in [0.15, 0.2) is 5.82 Å². The van der Waals surface area contributed by atoms with Crippen molar-refractivity contribution in [3.8, 4) is 11.3 Å². The van der Waals surface area contributed by atoms with Crippen LogP contribution in [-0.2, 0) is 6.54 Å². The Morgan fingerprint density at radius 1 is 1.24 bits per heavy atom. The van der Waals surface area contributed by atoms with Crippen molar-refractivity contribution in [3.05, 3.63) is 34.1 Å². The van der Waals surface area contributed by atoms with Crippen LogP contribution < -0.4 is 11.5 Å². The van der Waals surface area contributed by atoms with E-state index in [1.54, 1.807) is 10.7 Å². The van der Waals surface area contributed by atoms with Gasteiger partial charge < -0.3 is 11.5 Å². The summed E-state index contributed by atoms with van der Waals surface area (Å²) in [5, 5.41) is 4.28. The molecule has 0 aliphatic rings. The van der Waals surface area contributed by atoms with Crippen LogP contribution in [0.15, 0.2) is 22.7 Å². The highest BCUT2D eigenvalue weighted by molar-refractivity contribution is 9.10. The number of benzene rings is 1. The van der Waals surface area contributed by atoms with Crippen molar-refractivity contribution in [1.82, 2.24) is 9.78 Å². The number of carbonyl (C=O) groups excluding carboxylic acids is 1. The first-order chi connectivity index (χ1) is 12.0. The van der Waals surface area contributed by atoms with Gasteiger partial charge in [-0.05, 0) is 40.5 Å². The number of nitrogen functional groups attached to an aromatic ring is 1. The second kappa shape index (κ2) is 8.99. The first kappa shape index (κ1) is 19.4. The van der Waals surface area contributed by atoms with E-state index in [4.69, 9.17) is 11.5 Å². The summed E-state index contributed by atoms with van der Waals surface area (Å²) in [4.78, 5) is 11.9. The molecule has 0 spiro atoms. The van der Waals surface area contributed by atoms with Crippen LogP contribution in [0, 0.1) is 5.82 Å². The van der Waals surface area contributed by atoms with Crippen LogP contribution >= 0.6 is 15.9 Å². The number of carbonyl (C=O) groups is 1. The Bertz CT molecular complexity index is 745.